The molecule has 1 unspecified atom stereocenters. The third-order valence-electron chi connectivity index (χ3n) is 5.75. The molecule has 2 aromatic rings. The number of carboxylic acid groups (broad SMARTS) is 1. The number of thioether (sulfide) groups is 1. The predicted octanol–water partition coefficient (Wildman–Crippen LogP) is 3.23. The molecule has 0 aliphatic carbocycles. The lowest BCUT2D eigenvalue weighted by Crippen LogP contribution is -2.50. The van der Waals surface area contributed by atoms with E-state index in [2.05, 4.69) is 36.1 Å². The molecule has 0 saturated carbocycles. The Labute approximate surface area is 185 Å². The van der Waals surface area contributed by atoms with Gasteiger partial charge in [-0.1, -0.05) is 50.7 Å². The topological polar surface area (TPSA) is 108 Å². The molecule has 0 spiro atoms. The van der Waals surface area contributed by atoms with Gasteiger partial charge in [0.15, 0.2) is 5.17 Å². The van der Waals surface area contributed by atoms with Crippen molar-refractivity contribution in [1.29, 1.82) is 0 Å². The van der Waals surface area contributed by atoms with E-state index >= 15 is 0 Å². The summed E-state index contributed by atoms with van der Waals surface area (Å²) in [5.74, 6) is -0.358. The molecule has 2 aliphatic heterocycles. The summed E-state index contributed by atoms with van der Waals surface area (Å²) in [7, 11) is 0. The number of nitrogens with one attached hydrogen (secondary N) is 1. The van der Waals surface area contributed by atoms with Gasteiger partial charge in [0, 0.05) is 35.7 Å². The van der Waals surface area contributed by atoms with Crippen LogP contribution in [0.4, 0.5) is 4.79 Å². The molecule has 1 fully saturated rings. The van der Waals surface area contributed by atoms with Crippen molar-refractivity contribution < 1.29 is 14.7 Å². The van der Waals surface area contributed by atoms with Gasteiger partial charge in [0.05, 0.1) is 18.4 Å². The number of aromatic nitrogens is 2. The van der Waals surface area contributed by atoms with E-state index in [0.29, 0.717) is 23.0 Å². The fraction of sp³-hybridized carbons (Fsp3) is 0.409. The van der Waals surface area contributed by atoms with Crippen molar-refractivity contribution in [2.75, 3.05) is 13.1 Å². The summed E-state index contributed by atoms with van der Waals surface area (Å²) >= 11 is 1.50. The summed E-state index contributed by atoms with van der Waals surface area (Å²) in [6.45, 7) is 6.89. The molecule has 2 amide bonds. The van der Waals surface area contributed by atoms with Gasteiger partial charge < -0.3 is 15.3 Å². The first-order valence-electron chi connectivity index (χ1n) is 10.1. The molecule has 0 radical (unpaired) electrons. The van der Waals surface area contributed by atoms with Crippen molar-refractivity contribution in [3.8, 4) is 0 Å². The number of fused-ring (bicyclic) bond motifs is 1. The maximum Gasteiger partial charge on any atom is 0.407 e. The Hall–Kier alpha value is -2.94. The highest BCUT2D eigenvalue weighted by Crippen LogP contribution is 2.52. The second kappa shape index (κ2) is 7.96. The zero-order valence-electron chi connectivity index (χ0n) is 17.6. The van der Waals surface area contributed by atoms with Crippen LogP contribution in [0.15, 0.2) is 53.9 Å². The van der Waals surface area contributed by atoms with Gasteiger partial charge in [-0.2, -0.15) is 0 Å². The number of carbonyl (C=O) groups is 2. The molecule has 1 saturated heterocycles. The first-order valence-corrected chi connectivity index (χ1v) is 11.0. The number of aliphatic imine (C=N–C) groups is 1. The van der Waals surface area contributed by atoms with Gasteiger partial charge in [-0.25, -0.2) is 9.79 Å². The Kier molecular flexibility index (Phi) is 5.47. The molecular formula is C22H25N5O3S. The average molecular weight is 440 g/mol. The normalized spacial score (nSPS) is 25.5. The number of rotatable bonds is 2. The van der Waals surface area contributed by atoms with Crippen LogP contribution < -0.4 is 5.32 Å². The number of hydrogen-bond donors (Lipinski definition) is 2. The second-order valence-electron chi connectivity index (χ2n) is 8.93. The summed E-state index contributed by atoms with van der Waals surface area (Å²) in [5, 5.41) is 13.2. The first-order chi connectivity index (χ1) is 14.7. The number of nitrogens with zero attached hydrogens (tertiary/aromatic N) is 4. The lowest BCUT2D eigenvalue weighted by Gasteiger charge is -2.44. The van der Waals surface area contributed by atoms with E-state index in [1.54, 1.807) is 30.7 Å². The molecule has 4 rings (SSSR count). The van der Waals surface area contributed by atoms with E-state index in [-0.39, 0.29) is 29.0 Å². The molecule has 2 aliphatic rings. The minimum Gasteiger partial charge on any atom is -0.465 e. The number of carbonyl (C=O) groups excluding carboxylic acids is 1. The monoisotopic (exact) mass is 439 g/mol. The maximum atomic E-state index is 12.8. The van der Waals surface area contributed by atoms with Crippen LogP contribution in [0.25, 0.3) is 0 Å². The van der Waals surface area contributed by atoms with Gasteiger partial charge >= 0.3 is 6.09 Å². The van der Waals surface area contributed by atoms with Gasteiger partial charge in [0.2, 0.25) is 0 Å². The lowest BCUT2D eigenvalue weighted by atomic mass is 9.74. The van der Waals surface area contributed by atoms with Crippen molar-refractivity contribution in [2.24, 2.45) is 16.3 Å². The molecule has 3 heterocycles. The number of hydrogen-bond acceptors (Lipinski definition) is 6. The second-order valence-corrected chi connectivity index (χ2v) is 10.1. The highest BCUT2D eigenvalue weighted by Gasteiger charge is 2.58. The van der Waals surface area contributed by atoms with Crippen molar-refractivity contribution >= 4 is 28.9 Å². The number of amidine groups is 1. The largest absolute Gasteiger partial charge is 0.465 e. The molecule has 162 valence electrons. The molecule has 1 aromatic carbocycles. The fourth-order valence-electron chi connectivity index (χ4n) is 4.33. The van der Waals surface area contributed by atoms with Crippen LogP contribution in [-0.4, -0.2) is 55.5 Å². The number of benzene rings is 1. The van der Waals surface area contributed by atoms with Crippen molar-refractivity contribution in [3.05, 3.63) is 60.2 Å². The van der Waals surface area contributed by atoms with Gasteiger partial charge in [-0.3, -0.25) is 14.8 Å². The smallest absolute Gasteiger partial charge is 0.407 e. The molecule has 1 aromatic heterocycles. The Morgan fingerprint density at radius 3 is 2.58 bits per heavy atom. The third-order valence-corrected chi connectivity index (χ3v) is 7.46. The molecule has 3 atom stereocenters. The Balaban J connectivity index is 1.80. The molecule has 31 heavy (non-hydrogen) atoms. The van der Waals surface area contributed by atoms with Crippen LogP contribution in [-0.2, 0) is 5.54 Å². The van der Waals surface area contributed by atoms with E-state index < -0.39 is 11.6 Å². The summed E-state index contributed by atoms with van der Waals surface area (Å²) in [5.41, 5.74) is 0.0719. The van der Waals surface area contributed by atoms with Crippen LogP contribution >= 0.6 is 11.8 Å². The summed E-state index contributed by atoms with van der Waals surface area (Å²) in [6, 6.07) is 8.95. The van der Waals surface area contributed by atoms with Crippen molar-refractivity contribution in [3.63, 3.8) is 0 Å². The Morgan fingerprint density at radius 2 is 1.97 bits per heavy atom. The van der Waals surface area contributed by atoms with E-state index in [0.717, 1.165) is 0 Å². The van der Waals surface area contributed by atoms with Gasteiger partial charge in [-0.15, -0.1) is 0 Å². The quantitative estimate of drug-likeness (QED) is 0.744. The number of amides is 2. The molecule has 8 nitrogen and oxygen atoms in total. The summed E-state index contributed by atoms with van der Waals surface area (Å²) in [4.78, 5) is 39.8. The number of likely N-dealkylation sites (tertiary alicyclic amines) is 1. The Morgan fingerprint density at radius 1 is 1.23 bits per heavy atom. The minimum atomic E-state index is -0.986. The van der Waals surface area contributed by atoms with Crippen LogP contribution in [0.3, 0.4) is 0 Å². The zero-order valence-corrected chi connectivity index (χ0v) is 18.5. The van der Waals surface area contributed by atoms with Crippen LogP contribution in [0.5, 0.6) is 0 Å². The highest BCUT2D eigenvalue weighted by atomic mass is 32.2. The fourth-order valence-corrected chi connectivity index (χ4v) is 5.77. The molecule has 0 bridgehead atoms. The van der Waals surface area contributed by atoms with Gasteiger partial charge in [-0.05, 0) is 17.5 Å². The van der Waals surface area contributed by atoms with E-state index in [9.17, 15) is 14.7 Å². The van der Waals surface area contributed by atoms with E-state index in [1.165, 1.54) is 16.7 Å². The molecule has 2 N–H and O–H groups in total. The first kappa shape index (κ1) is 21.3. The van der Waals surface area contributed by atoms with E-state index in [4.69, 9.17) is 4.99 Å². The lowest BCUT2D eigenvalue weighted by molar-refractivity contribution is 0.0976. The maximum absolute atomic E-state index is 12.8. The average Bonchev–Trinajstić information content (AvgIpc) is 3.15. The highest BCUT2D eigenvalue weighted by molar-refractivity contribution is 8.14. The van der Waals surface area contributed by atoms with Crippen molar-refractivity contribution in [2.45, 2.75) is 31.6 Å². The summed E-state index contributed by atoms with van der Waals surface area (Å²) in [6.07, 6.45) is 3.84. The molecule has 9 heteroatoms. The van der Waals surface area contributed by atoms with E-state index in [1.807, 2.05) is 18.2 Å². The van der Waals surface area contributed by atoms with Crippen molar-refractivity contribution in [1.82, 2.24) is 20.2 Å². The van der Waals surface area contributed by atoms with Crippen LogP contribution in [0, 0.1) is 11.3 Å². The van der Waals surface area contributed by atoms with Crippen LogP contribution in [0.1, 0.15) is 36.8 Å². The van der Waals surface area contributed by atoms with Gasteiger partial charge in [0.25, 0.3) is 5.91 Å². The molecular weight excluding hydrogens is 414 g/mol. The predicted molar refractivity (Wildman–Crippen MR) is 119 cm³/mol. The summed E-state index contributed by atoms with van der Waals surface area (Å²) < 4.78 is 0. The SMILES string of the molecule is CC(C)(C)C1SC(NC(=O)c2ccccc2)=N[C@@]2(c3cnccn3)CN(C(=O)O)C[C@@H]12. The third kappa shape index (κ3) is 4.01. The van der Waals surface area contributed by atoms with Gasteiger partial charge in [0.1, 0.15) is 5.54 Å². The standard InChI is InChI=1S/C22H25N5O3S/c1-21(2,3)17-15-12-27(20(29)30)13-22(15,16-11-23-9-10-24-16)26-19(31-17)25-18(28)14-7-5-4-6-8-14/h4-11,15,17H,12-13H2,1-3H3,(H,29,30)(H,25,26,28)/t15-,17?,22-/m0/s1. The minimum absolute atomic E-state index is 0.00225. The zero-order chi connectivity index (χ0) is 22.2. The van der Waals surface area contributed by atoms with Crippen LogP contribution in [0.2, 0.25) is 0 Å². The Bertz CT molecular complexity index is 1010.